The molecule has 0 N–H and O–H groups in total. The highest BCUT2D eigenvalue weighted by Gasteiger charge is 2.07. The third kappa shape index (κ3) is 3.17. The van der Waals surface area contributed by atoms with Gasteiger partial charge in [-0.15, -0.1) is 11.3 Å². The number of rotatable bonds is 4. The predicted octanol–water partition coefficient (Wildman–Crippen LogP) is 4.55. The predicted molar refractivity (Wildman–Crippen MR) is 84.2 cm³/mol. The largest absolute Gasteiger partial charge is 0.254 e. The highest BCUT2D eigenvalue weighted by atomic mass is 35.5. The Kier molecular flexibility index (Phi) is 4.30. The molecule has 0 aliphatic carbocycles. The smallest absolute Gasteiger partial charge is 0.142 e. The summed E-state index contributed by atoms with van der Waals surface area (Å²) >= 11 is 9.27. The molecule has 0 fully saturated rings. The molecule has 6 heteroatoms. The van der Waals surface area contributed by atoms with Crippen molar-refractivity contribution in [2.45, 2.75) is 10.8 Å². The summed E-state index contributed by atoms with van der Waals surface area (Å²) in [7, 11) is 0. The van der Waals surface area contributed by atoms with Crippen LogP contribution in [0.1, 0.15) is 5.69 Å². The van der Waals surface area contributed by atoms with E-state index in [9.17, 15) is 0 Å². The first-order valence-electron chi connectivity index (χ1n) is 5.92. The molecule has 0 radical (unpaired) electrons. The number of halogens is 1. The van der Waals surface area contributed by atoms with Crippen LogP contribution in [0.25, 0.3) is 10.7 Å². The van der Waals surface area contributed by atoms with Gasteiger partial charge in [-0.3, -0.25) is 4.98 Å². The molecule has 0 atom stereocenters. The summed E-state index contributed by atoms with van der Waals surface area (Å²) in [5, 5.41) is 4.50. The van der Waals surface area contributed by atoms with Gasteiger partial charge in [-0.1, -0.05) is 29.4 Å². The SMILES string of the molecule is Clc1cccnc1SCc1csc(-c2ccccn2)n1. The van der Waals surface area contributed by atoms with E-state index in [0.717, 1.165) is 27.2 Å². The molecule has 0 aromatic carbocycles. The molecule has 3 aromatic heterocycles. The number of hydrogen-bond acceptors (Lipinski definition) is 5. The summed E-state index contributed by atoms with van der Waals surface area (Å²) in [6, 6.07) is 9.50. The Hall–Kier alpha value is -1.43. The highest BCUT2D eigenvalue weighted by molar-refractivity contribution is 7.98. The zero-order valence-corrected chi connectivity index (χ0v) is 12.8. The molecule has 3 rings (SSSR count). The minimum Gasteiger partial charge on any atom is -0.254 e. The van der Waals surface area contributed by atoms with Crippen LogP contribution in [-0.2, 0) is 5.75 Å². The molecular formula is C14H10ClN3S2. The van der Waals surface area contributed by atoms with Crippen LogP contribution in [0, 0.1) is 0 Å². The van der Waals surface area contributed by atoms with Crippen molar-refractivity contribution in [1.82, 2.24) is 15.0 Å². The summed E-state index contributed by atoms with van der Waals surface area (Å²) < 4.78 is 0. The van der Waals surface area contributed by atoms with Gasteiger partial charge < -0.3 is 0 Å². The van der Waals surface area contributed by atoms with Gasteiger partial charge in [0.1, 0.15) is 10.0 Å². The minimum absolute atomic E-state index is 0.678. The highest BCUT2D eigenvalue weighted by Crippen LogP contribution is 2.29. The van der Waals surface area contributed by atoms with Crippen LogP contribution in [0.3, 0.4) is 0 Å². The van der Waals surface area contributed by atoms with E-state index in [1.165, 1.54) is 0 Å². The van der Waals surface area contributed by atoms with Crippen molar-refractivity contribution >= 4 is 34.7 Å². The maximum atomic E-state index is 6.08. The number of aromatic nitrogens is 3. The van der Waals surface area contributed by atoms with E-state index in [2.05, 4.69) is 15.0 Å². The van der Waals surface area contributed by atoms with E-state index in [0.29, 0.717) is 5.02 Å². The quantitative estimate of drug-likeness (QED) is 0.661. The summed E-state index contributed by atoms with van der Waals surface area (Å²) in [6.07, 6.45) is 3.52. The molecule has 3 heterocycles. The van der Waals surface area contributed by atoms with Gasteiger partial charge in [-0.05, 0) is 24.3 Å². The lowest BCUT2D eigenvalue weighted by atomic mass is 10.4. The van der Waals surface area contributed by atoms with E-state index in [1.54, 1.807) is 35.5 Å². The first kappa shape index (κ1) is 13.5. The monoisotopic (exact) mass is 319 g/mol. The Morgan fingerprint density at radius 2 is 2.00 bits per heavy atom. The molecule has 0 saturated heterocycles. The average Bonchev–Trinajstić information content (AvgIpc) is 2.96. The molecule has 0 saturated carbocycles. The van der Waals surface area contributed by atoms with Crippen molar-refractivity contribution in [3.8, 4) is 10.7 Å². The number of nitrogens with zero attached hydrogens (tertiary/aromatic N) is 3. The number of thioether (sulfide) groups is 1. The molecule has 3 aromatic rings. The van der Waals surface area contributed by atoms with E-state index in [1.807, 2.05) is 35.7 Å². The Bertz CT molecular complexity index is 700. The Morgan fingerprint density at radius 1 is 1.10 bits per heavy atom. The third-order valence-corrected chi connectivity index (χ3v) is 4.89. The fourth-order valence-corrected chi connectivity index (χ4v) is 3.56. The van der Waals surface area contributed by atoms with Crippen molar-refractivity contribution in [2.24, 2.45) is 0 Å². The molecule has 0 spiro atoms. The van der Waals surface area contributed by atoms with Crippen molar-refractivity contribution in [1.29, 1.82) is 0 Å². The van der Waals surface area contributed by atoms with Gasteiger partial charge in [0.05, 0.1) is 16.4 Å². The van der Waals surface area contributed by atoms with Crippen LogP contribution in [0.15, 0.2) is 53.1 Å². The lowest BCUT2D eigenvalue weighted by Gasteiger charge is -2.00. The summed E-state index contributed by atoms with van der Waals surface area (Å²) in [4.78, 5) is 13.1. The second-order valence-electron chi connectivity index (χ2n) is 3.94. The number of hydrogen-bond donors (Lipinski definition) is 0. The zero-order valence-electron chi connectivity index (χ0n) is 10.4. The van der Waals surface area contributed by atoms with E-state index >= 15 is 0 Å². The second kappa shape index (κ2) is 6.35. The van der Waals surface area contributed by atoms with Gasteiger partial charge in [-0.25, -0.2) is 9.97 Å². The molecule has 100 valence electrons. The van der Waals surface area contributed by atoms with Gasteiger partial charge in [-0.2, -0.15) is 0 Å². The fourth-order valence-electron chi connectivity index (χ4n) is 1.60. The van der Waals surface area contributed by atoms with Gasteiger partial charge in [0.2, 0.25) is 0 Å². The maximum Gasteiger partial charge on any atom is 0.142 e. The van der Waals surface area contributed by atoms with Crippen LogP contribution in [0.4, 0.5) is 0 Å². The van der Waals surface area contributed by atoms with Gasteiger partial charge in [0, 0.05) is 23.5 Å². The molecule has 0 unspecified atom stereocenters. The van der Waals surface area contributed by atoms with Gasteiger partial charge >= 0.3 is 0 Å². The Morgan fingerprint density at radius 3 is 2.80 bits per heavy atom. The van der Waals surface area contributed by atoms with Crippen LogP contribution >= 0.6 is 34.7 Å². The van der Waals surface area contributed by atoms with E-state index in [-0.39, 0.29) is 0 Å². The van der Waals surface area contributed by atoms with Crippen molar-refractivity contribution in [3.63, 3.8) is 0 Å². The van der Waals surface area contributed by atoms with Crippen LogP contribution in [0.2, 0.25) is 5.02 Å². The molecule has 3 nitrogen and oxygen atoms in total. The first-order chi connectivity index (χ1) is 9.83. The van der Waals surface area contributed by atoms with Crippen LogP contribution in [0.5, 0.6) is 0 Å². The summed E-state index contributed by atoms with van der Waals surface area (Å²) in [6.45, 7) is 0. The lowest BCUT2D eigenvalue weighted by molar-refractivity contribution is 1.12. The molecule has 0 amide bonds. The molecule has 0 bridgehead atoms. The number of thiazole rings is 1. The van der Waals surface area contributed by atoms with E-state index in [4.69, 9.17) is 11.6 Å². The second-order valence-corrected chi connectivity index (χ2v) is 6.17. The first-order valence-corrected chi connectivity index (χ1v) is 8.16. The van der Waals surface area contributed by atoms with Gasteiger partial charge in [0.25, 0.3) is 0 Å². The maximum absolute atomic E-state index is 6.08. The molecule has 0 aliphatic heterocycles. The zero-order chi connectivity index (χ0) is 13.8. The molecule has 0 aliphatic rings. The lowest BCUT2D eigenvalue weighted by Crippen LogP contribution is -1.85. The fraction of sp³-hybridized carbons (Fsp3) is 0.0714. The Balaban J connectivity index is 1.71. The van der Waals surface area contributed by atoms with Crippen molar-refractivity contribution < 1.29 is 0 Å². The summed E-state index contributed by atoms with van der Waals surface area (Å²) in [5.41, 5.74) is 1.92. The normalized spacial score (nSPS) is 10.7. The average molecular weight is 320 g/mol. The number of pyridine rings is 2. The molecule has 20 heavy (non-hydrogen) atoms. The topological polar surface area (TPSA) is 38.7 Å². The van der Waals surface area contributed by atoms with Crippen molar-refractivity contribution in [3.05, 3.63) is 58.8 Å². The molecular weight excluding hydrogens is 310 g/mol. The summed E-state index contributed by atoms with van der Waals surface area (Å²) in [5.74, 6) is 0.750. The van der Waals surface area contributed by atoms with Gasteiger partial charge in [0.15, 0.2) is 0 Å². The third-order valence-electron chi connectivity index (χ3n) is 2.52. The van der Waals surface area contributed by atoms with Crippen LogP contribution < -0.4 is 0 Å². The van der Waals surface area contributed by atoms with Crippen LogP contribution in [-0.4, -0.2) is 15.0 Å². The Labute approximate surface area is 130 Å². The minimum atomic E-state index is 0.678. The van der Waals surface area contributed by atoms with E-state index < -0.39 is 0 Å². The standard InChI is InChI=1S/C14H10ClN3S2/c15-11-4-3-7-17-13(11)19-8-10-9-20-14(18-10)12-5-1-2-6-16-12/h1-7,9H,8H2. The van der Waals surface area contributed by atoms with Crippen molar-refractivity contribution in [2.75, 3.05) is 0 Å².